The van der Waals surface area contributed by atoms with Crippen LogP contribution < -0.4 is 10.6 Å². The second-order valence-corrected chi connectivity index (χ2v) is 6.31. The topological polar surface area (TPSA) is 76.4 Å². The van der Waals surface area contributed by atoms with Crippen LogP contribution in [0.3, 0.4) is 0 Å². The van der Waals surface area contributed by atoms with Crippen LogP contribution in [0.2, 0.25) is 0 Å². The van der Waals surface area contributed by atoms with Gasteiger partial charge < -0.3 is 19.9 Å². The summed E-state index contributed by atoms with van der Waals surface area (Å²) in [6.07, 6.45) is 1.96. The predicted molar refractivity (Wildman–Crippen MR) is 97.9 cm³/mol. The molecule has 1 aromatic heterocycles. The first-order valence-electron chi connectivity index (χ1n) is 8.22. The van der Waals surface area contributed by atoms with Gasteiger partial charge in [0.05, 0.1) is 6.61 Å². The van der Waals surface area contributed by atoms with Crippen molar-refractivity contribution in [3.05, 3.63) is 42.2 Å². The van der Waals surface area contributed by atoms with Gasteiger partial charge in [0.2, 0.25) is 5.76 Å². The molecule has 0 bridgehead atoms. The normalized spacial score (nSPS) is 16.0. The first kappa shape index (κ1) is 19.4. The highest BCUT2D eigenvalue weighted by atomic mass is 35.5. The average molecular weight is 366 g/mol. The molecule has 0 spiro atoms. The van der Waals surface area contributed by atoms with E-state index in [9.17, 15) is 4.79 Å². The number of halogens is 1. The lowest BCUT2D eigenvalue weighted by molar-refractivity contribution is 0.0504. The monoisotopic (exact) mass is 365 g/mol. The fraction of sp³-hybridized carbons (Fsp3) is 0.444. The largest absolute Gasteiger partial charge is 0.384 e. The molecular weight excluding hydrogens is 342 g/mol. The Kier molecular flexibility index (Phi) is 6.99. The maximum absolute atomic E-state index is 12.4. The number of carbonyl (C=O) groups is 1. The SMILES string of the molecule is COCC1(CNC(=O)c2cc(-c3ccccc3)no2)CCNCC1.Cl. The van der Waals surface area contributed by atoms with Gasteiger partial charge in [0.25, 0.3) is 5.91 Å². The molecule has 1 amide bonds. The number of amides is 1. The minimum Gasteiger partial charge on any atom is -0.384 e. The second kappa shape index (κ2) is 8.99. The quantitative estimate of drug-likeness (QED) is 0.822. The van der Waals surface area contributed by atoms with Crippen molar-refractivity contribution in [1.82, 2.24) is 15.8 Å². The molecule has 0 unspecified atom stereocenters. The molecule has 1 saturated heterocycles. The smallest absolute Gasteiger partial charge is 0.289 e. The van der Waals surface area contributed by atoms with Crippen LogP contribution in [0.4, 0.5) is 0 Å². The number of carbonyl (C=O) groups excluding carboxylic acids is 1. The van der Waals surface area contributed by atoms with Gasteiger partial charge in [0.1, 0.15) is 5.69 Å². The van der Waals surface area contributed by atoms with Crippen LogP contribution in [0.25, 0.3) is 11.3 Å². The van der Waals surface area contributed by atoms with Crippen LogP contribution in [0, 0.1) is 5.41 Å². The summed E-state index contributed by atoms with van der Waals surface area (Å²) >= 11 is 0. The van der Waals surface area contributed by atoms with Gasteiger partial charge in [-0.2, -0.15) is 0 Å². The lowest BCUT2D eigenvalue weighted by atomic mass is 9.79. The van der Waals surface area contributed by atoms with Crippen LogP contribution in [0.15, 0.2) is 40.9 Å². The third-order valence-electron chi connectivity index (χ3n) is 4.54. The Labute approximate surface area is 153 Å². The third kappa shape index (κ3) is 4.81. The highest BCUT2D eigenvalue weighted by molar-refractivity contribution is 5.92. The van der Waals surface area contributed by atoms with Gasteiger partial charge >= 0.3 is 0 Å². The molecule has 3 rings (SSSR count). The van der Waals surface area contributed by atoms with Crippen molar-refractivity contribution in [2.45, 2.75) is 12.8 Å². The summed E-state index contributed by atoms with van der Waals surface area (Å²) in [5.74, 6) is -0.00551. The minimum atomic E-state index is -0.237. The van der Waals surface area contributed by atoms with E-state index in [1.807, 2.05) is 30.3 Å². The number of hydrogen-bond donors (Lipinski definition) is 2. The number of methoxy groups -OCH3 is 1. The number of aromatic nitrogens is 1. The first-order chi connectivity index (χ1) is 11.7. The van der Waals surface area contributed by atoms with Crippen LogP contribution in [-0.4, -0.2) is 44.4 Å². The van der Waals surface area contributed by atoms with Gasteiger partial charge in [-0.25, -0.2) is 0 Å². The molecule has 25 heavy (non-hydrogen) atoms. The zero-order chi connectivity index (χ0) is 16.8. The average Bonchev–Trinajstić information content (AvgIpc) is 3.12. The molecule has 2 N–H and O–H groups in total. The predicted octanol–water partition coefficient (Wildman–Crippen LogP) is 2.51. The van der Waals surface area contributed by atoms with E-state index in [0.717, 1.165) is 31.5 Å². The van der Waals surface area contributed by atoms with Crippen molar-refractivity contribution in [3.63, 3.8) is 0 Å². The number of ether oxygens (including phenoxy) is 1. The van der Waals surface area contributed by atoms with Crippen molar-refractivity contribution in [3.8, 4) is 11.3 Å². The van der Waals surface area contributed by atoms with E-state index in [1.165, 1.54) is 0 Å². The summed E-state index contributed by atoms with van der Waals surface area (Å²) in [5.41, 5.74) is 1.57. The van der Waals surface area contributed by atoms with E-state index in [2.05, 4.69) is 15.8 Å². The molecule has 0 radical (unpaired) electrons. The molecule has 0 saturated carbocycles. The highest BCUT2D eigenvalue weighted by Crippen LogP contribution is 2.28. The molecule has 2 aromatic rings. The molecule has 1 aliphatic heterocycles. The van der Waals surface area contributed by atoms with Crippen LogP contribution in [0.1, 0.15) is 23.4 Å². The van der Waals surface area contributed by atoms with Gasteiger partial charge in [-0.05, 0) is 25.9 Å². The molecule has 1 aliphatic rings. The van der Waals surface area contributed by atoms with Crippen LogP contribution in [0.5, 0.6) is 0 Å². The van der Waals surface area contributed by atoms with Crippen molar-refractivity contribution in [2.24, 2.45) is 5.41 Å². The molecule has 6 nitrogen and oxygen atoms in total. The molecule has 136 valence electrons. The maximum atomic E-state index is 12.4. The zero-order valence-corrected chi connectivity index (χ0v) is 15.1. The Morgan fingerprint density at radius 2 is 2.04 bits per heavy atom. The Morgan fingerprint density at radius 1 is 1.32 bits per heavy atom. The molecule has 1 fully saturated rings. The summed E-state index contributed by atoms with van der Waals surface area (Å²) in [7, 11) is 1.70. The van der Waals surface area contributed by atoms with Crippen LogP contribution in [-0.2, 0) is 4.74 Å². The molecule has 0 atom stereocenters. The Morgan fingerprint density at radius 3 is 2.72 bits per heavy atom. The molecule has 2 heterocycles. The third-order valence-corrected chi connectivity index (χ3v) is 4.54. The number of rotatable bonds is 6. The van der Waals surface area contributed by atoms with E-state index < -0.39 is 0 Å². The van der Waals surface area contributed by atoms with E-state index in [4.69, 9.17) is 9.26 Å². The van der Waals surface area contributed by atoms with Gasteiger partial charge in [0, 0.05) is 30.7 Å². The number of nitrogens with one attached hydrogen (secondary N) is 2. The Bertz CT molecular complexity index is 664. The van der Waals surface area contributed by atoms with Gasteiger partial charge in [-0.1, -0.05) is 35.5 Å². The molecule has 1 aromatic carbocycles. The Hall–Kier alpha value is -1.89. The van der Waals surface area contributed by atoms with Crippen molar-refractivity contribution < 1.29 is 14.1 Å². The lowest BCUT2D eigenvalue weighted by Crippen LogP contribution is -2.47. The fourth-order valence-electron chi connectivity index (χ4n) is 3.12. The van der Waals surface area contributed by atoms with E-state index in [0.29, 0.717) is 18.8 Å². The summed E-state index contributed by atoms with van der Waals surface area (Å²) < 4.78 is 10.6. The molecular formula is C18H24ClN3O3. The number of nitrogens with zero attached hydrogens (tertiary/aromatic N) is 1. The van der Waals surface area contributed by atoms with E-state index >= 15 is 0 Å². The summed E-state index contributed by atoms with van der Waals surface area (Å²) in [5, 5.41) is 10.3. The van der Waals surface area contributed by atoms with Gasteiger partial charge in [-0.15, -0.1) is 12.4 Å². The minimum absolute atomic E-state index is 0. The summed E-state index contributed by atoms with van der Waals surface area (Å²) in [6.45, 7) is 3.10. The van der Waals surface area contributed by atoms with Gasteiger partial charge in [0.15, 0.2) is 0 Å². The lowest BCUT2D eigenvalue weighted by Gasteiger charge is -2.37. The summed E-state index contributed by atoms with van der Waals surface area (Å²) in [4.78, 5) is 12.4. The highest BCUT2D eigenvalue weighted by Gasteiger charge is 2.33. The summed E-state index contributed by atoms with van der Waals surface area (Å²) in [6, 6.07) is 11.3. The van der Waals surface area contributed by atoms with E-state index in [1.54, 1.807) is 13.2 Å². The standard InChI is InChI=1S/C18H23N3O3.ClH/c1-23-13-18(7-9-19-10-8-18)12-20-17(22)16-11-15(21-24-16)14-5-3-2-4-6-14;/h2-6,11,19H,7-10,12-13H2,1H3,(H,20,22);1H. The molecule has 0 aliphatic carbocycles. The van der Waals surface area contributed by atoms with Crippen molar-refractivity contribution in [2.75, 3.05) is 33.4 Å². The van der Waals surface area contributed by atoms with Gasteiger partial charge in [-0.3, -0.25) is 4.79 Å². The Balaban J connectivity index is 0.00000225. The van der Waals surface area contributed by atoms with Crippen molar-refractivity contribution in [1.29, 1.82) is 0 Å². The second-order valence-electron chi connectivity index (χ2n) is 6.31. The number of benzene rings is 1. The van der Waals surface area contributed by atoms with Crippen molar-refractivity contribution >= 4 is 18.3 Å². The fourth-order valence-corrected chi connectivity index (χ4v) is 3.12. The molecule has 7 heteroatoms. The number of hydrogen-bond acceptors (Lipinski definition) is 5. The maximum Gasteiger partial charge on any atom is 0.289 e. The zero-order valence-electron chi connectivity index (χ0n) is 14.3. The number of piperidine rings is 1. The van der Waals surface area contributed by atoms with Crippen LogP contribution >= 0.6 is 12.4 Å². The first-order valence-corrected chi connectivity index (χ1v) is 8.22. The van der Waals surface area contributed by atoms with E-state index in [-0.39, 0.29) is 29.5 Å².